The molecule has 0 atom stereocenters. The molecule has 0 amide bonds. The van der Waals surface area contributed by atoms with Crippen molar-refractivity contribution in [2.75, 3.05) is 0 Å². The molecule has 0 unspecified atom stereocenters. The Hall–Kier alpha value is -2.00. The maximum atomic E-state index is 6.33. The number of rotatable bonds is 5. The normalized spacial score (nSPS) is 11.1. The van der Waals surface area contributed by atoms with E-state index in [1.165, 1.54) is 0 Å². The predicted octanol–water partition coefficient (Wildman–Crippen LogP) is 7.28. The zero-order valence-electron chi connectivity index (χ0n) is 14.0. The molecule has 2 nitrogen and oxygen atoms in total. The minimum atomic E-state index is 0.423. The third-order valence-corrected chi connectivity index (χ3v) is 4.57. The number of ether oxygens (including phenoxy) is 1. The molecular formula is C21H16Cl3NO. The molecule has 0 spiro atoms. The molecule has 26 heavy (non-hydrogen) atoms. The summed E-state index contributed by atoms with van der Waals surface area (Å²) in [6.07, 6.45) is 1.76. The van der Waals surface area contributed by atoms with Crippen molar-refractivity contribution in [2.24, 2.45) is 4.99 Å². The van der Waals surface area contributed by atoms with E-state index in [4.69, 9.17) is 39.5 Å². The molecule has 0 aromatic heterocycles. The lowest BCUT2D eigenvalue weighted by Crippen LogP contribution is -1.96. The summed E-state index contributed by atoms with van der Waals surface area (Å²) in [5.74, 6) is 0.623. The quantitative estimate of drug-likeness (QED) is 0.409. The second-order valence-electron chi connectivity index (χ2n) is 5.79. The van der Waals surface area contributed by atoms with E-state index >= 15 is 0 Å². The van der Waals surface area contributed by atoms with Crippen LogP contribution in [0.4, 0.5) is 5.69 Å². The van der Waals surface area contributed by atoms with Gasteiger partial charge in [0.2, 0.25) is 0 Å². The Morgan fingerprint density at radius 2 is 1.62 bits per heavy atom. The fraction of sp³-hybridized carbons (Fsp3) is 0.0952. The highest BCUT2D eigenvalue weighted by molar-refractivity contribution is 6.32. The molecule has 0 bridgehead atoms. The van der Waals surface area contributed by atoms with Gasteiger partial charge in [-0.15, -0.1) is 0 Å². The summed E-state index contributed by atoms with van der Waals surface area (Å²) in [7, 11) is 0. The van der Waals surface area contributed by atoms with Gasteiger partial charge in [0.05, 0.1) is 10.7 Å². The smallest absolute Gasteiger partial charge is 0.138 e. The van der Waals surface area contributed by atoms with Crippen LogP contribution in [0.15, 0.2) is 65.7 Å². The van der Waals surface area contributed by atoms with Crippen LogP contribution >= 0.6 is 34.8 Å². The molecule has 0 N–H and O–H groups in total. The second-order valence-corrected chi connectivity index (χ2v) is 7.07. The Morgan fingerprint density at radius 3 is 2.35 bits per heavy atom. The van der Waals surface area contributed by atoms with Gasteiger partial charge in [-0.1, -0.05) is 53.0 Å². The Kier molecular flexibility index (Phi) is 6.20. The average molecular weight is 405 g/mol. The Balaban J connectivity index is 1.69. The van der Waals surface area contributed by atoms with Crippen LogP contribution in [0.1, 0.15) is 16.7 Å². The van der Waals surface area contributed by atoms with Crippen molar-refractivity contribution < 1.29 is 4.74 Å². The van der Waals surface area contributed by atoms with Crippen molar-refractivity contribution in [3.63, 3.8) is 0 Å². The number of benzene rings is 3. The molecule has 0 saturated heterocycles. The van der Waals surface area contributed by atoms with Gasteiger partial charge in [-0.05, 0) is 66.1 Å². The summed E-state index contributed by atoms with van der Waals surface area (Å²) in [4.78, 5) is 4.49. The minimum absolute atomic E-state index is 0.423. The maximum Gasteiger partial charge on any atom is 0.138 e. The molecule has 3 aromatic rings. The molecule has 0 radical (unpaired) electrons. The van der Waals surface area contributed by atoms with Crippen LogP contribution in [-0.2, 0) is 6.61 Å². The van der Waals surface area contributed by atoms with E-state index in [0.717, 1.165) is 22.4 Å². The summed E-state index contributed by atoms with van der Waals surface area (Å²) in [5, 5.41) is 1.89. The van der Waals surface area contributed by atoms with E-state index in [2.05, 4.69) is 4.99 Å². The van der Waals surface area contributed by atoms with E-state index in [0.29, 0.717) is 27.4 Å². The number of aryl methyl sites for hydroxylation is 1. The SMILES string of the molecule is Cc1ccc(Cl)cc1N=Cc1ccc(OCc2ccc(Cl)cc2)c(Cl)c1. The van der Waals surface area contributed by atoms with Gasteiger partial charge in [0.15, 0.2) is 0 Å². The van der Waals surface area contributed by atoms with Crippen molar-refractivity contribution in [2.45, 2.75) is 13.5 Å². The molecule has 0 heterocycles. The van der Waals surface area contributed by atoms with Gasteiger partial charge in [-0.2, -0.15) is 0 Å². The van der Waals surface area contributed by atoms with Gasteiger partial charge in [-0.3, -0.25) is 4.99 Å². The number of hydrogen-bond donors (Lipinski definition) is 0. The highest BCUT2D eigenvalue weighted by Gasteiger charge is 2.04. The monoisotopic (exact) mass is 403 g/mol. The van der Waals surface area contributed by atoms with E-state index < -0.39 is 0 Å². The van der Waals surface area contributed by atoms with Crippen molar-refractivity contribution in [3.8, 4) is 5.75 Å². The fourth-order valence-electron chi connectivity index (χ4n) is 2.32. The van der Waals surface area contributed by atoms with Gasteiger partial charge in [0.1, 0.15) is 12.4 Å². The fourth-order valence-corrected chi connectivity index (χ4v) is 2.86. The van der Waals surface area contributed by atoms with Crippen molar-refractivity contribution >= 4 is 46.7 Å². The number of aliphatic imine (C=N–C) groups is 1. The van der Waals surface area contributed by atoms with E-state index in [-0.39, 0.29) is 0 Å². The van der Waals surface area contributed by atoms with Crippen LogP contribution in [0.25, 0.3) is 0 Å². The lowest BCUT2D eigenvalue weighted by atomic mass is 10.2. The third kappa shape index (κ3) is 5.01. The second kappa shape index (κ2) is 8.59. The largest absolute Gasteiger partial charge is 0.487 e. The number of halogens is 3. The Labute approximate surface area is 168 Å². The van der Waals surface area contributed by atoms with Crippen LogP contribution in [0.3, 0.4) is 0 Å². The molecule has 0 aliphatic rings. The lowest BCUT2D eigenvalue weighted by molar-refractivity contribution is 0.306. The molecule has 3 aromatic carbocycles. The zero-order valence-corrected chi connectivity index (χ0v) is 16.3. The van der Waals surface area contributed by atoms with Crippen LogP contribution < -0.4 is 4.74 Å². The van der Waals surface area contributed by atoms with E-state index in [1.807, 2.05) is 67.6 Å². The van der Waals surface area contributed by atoms with Crippen molar-refractivity contribution in [1.29, 1.82) is 0 Å². The van der Waals surface area contributed by atoms with E-state index in [9.17, 15) is 0 Å². The van der Waals surface area contributed by atoms with Crippen molar-refractivity contribution in [3.05, 3.63) is 92.4 Å². The summed E-state index contributed by atoms with van der Waals surface area (Å²) >= 11 is 18.2. The first kappa shape index (κ1) is 18.8. The molecule has 0 aliphatic heterocycles. The molecule has 0 fully saturated rings. The summed E-state index contributed by atoms with van der Waals surface area (Å²) < 4.78 is 5.78. The first-order valence-corrected chi connectivity index (χ1v) is 9.12. The van der Waals surface area contributed by atoms with Gasteiger partial charge in [0.25, 0.3) is 0 Å². The van der Waals surface area contributed by atoms with Gasteiger partial charge in [0, 0.05) is 16.3 Å². The van der Waals surface area contributed by atoms with Crippen molar-refractivity contribution in [1.82, 2.24) is 0 Å². The Bertz CT molecular complexity index is 936. The number of hydrogen-bond acceptors (Lipinski definition) is 2. The molecule has 3 rings (SSSR count). The van der Waals surface area contributed by atoms with Gasteiger partial charge >= 0.3 is 0 Å². The zero-order chi connectivity index (χ0) is 18.5. The molecule has 132 valence electrons. The Morgan fingerprint density at radius 1 is 0.885 bits per heavy atom. The lowest BCUT2D eigenvalue weighted by Gasteiger charge is -2.09. The summed E-state index contributed by atoms with van der Waals surface area (Å²) in [6.45, 7) is 2.41. The topological polar surface area (TPSA) is 21.6 Å². The predicted molar refractivity (Wildman–Crippen MR) is 111 cm³/mol. The minimum Gasteiger partial charge on any atom is -0.487 e. The highest BCUT2D eigenvalue weighted by Crippen LogP contribution is 2.27. The summed E-state index contributed by atoms with van der Waals surface area (Å²) in [5.41, 5.74) is 3.79. The van der Waals surface area contributed by atoms with Crippen LogP contribution in [-0.4, -0.2) is 6.21 Å². The first-order chi connectivity index (χ1) is 12.5. The standard InChI is InChI=1S/C21H16Cl3NO/c1-14-2-6-18(23)11-20(14)25-12-16-5-9-21(19(24)10-16)26-13-15-3-7-17(22)8-4-15/h2-12H,13H2,1H3. The molecule has 0 saturated carbocycles. The van der Waals surface area contributed by atoms with Gasteiger partial charge < -0.3 is 4.74 Å². The first-order valence-electron chi connectivity index (χ1n) is 7.98. The van der Waals surface area contributed by atoms with Crippen LogP contribution in [0.5, 0.6) is 5.75 Å². The van der Waals surface area contributed by atoms with Crippen LogP contribution in [0.2, 0.25) is 15.1 Å². The number of nitrogens with zero attached hydrogens (tertiary/aromatic N) is 1. The molecule has 0 aliphatic carbocycles. The van der Waals surface area contributed by atoms with E-state index in [1.54, 1.807) is 6.21 Å². The maximum absolute atomic E-state index is 6.33. The van der Waals surface area contributed by atoms with Crippen LogP contribution in [0, 0.1) is 6.92 Å². The molecular weight excluding hydrogens is 389 g/mol. The summed E-state index contributed by atoms with van der Waals surface area (Å²) in [6, 6.07) is 18.7. The molecule has 5 heteroatoms. The van der Waals surface area contributed by atoms with Gasteiger partial charge in [-0.25, -0.2) is 0 Å². The third-order valence-electron chi connectivity index (χ3n) is 3.79. The highest BCUT2D eigenvalue weighted by atomic mass is 35.5. The average Bonchev–Trinajstić information content (AvgIpc) is 2.63.